The Hall–Kier alpha value is -8.34. The highest BCUT2D eigenvalue weighted by Gasteiger charge is 1.99. The first-order valence-corrected chi connectivity index (χ1v) is 20.1. The Morgan fingerprint density at radius 2 is 0.419 bits per heavy atom. The Morgan fingerprint density at radius 3 is 0.645 bits per heavy atom. The summed E-state index contributed by atoms with van der Waals surface area (Å²) in [6.07, 6.45) is 16.3. The molecule has 8 aromatic rings. The predicted molar refractivity (Wildman–Crippen MR) is 261 cm³/mol. The molecule has 0 aromatic heterocycles. The minimum absolute atomic E-state index is 0.440. The average Bonchev–Trinajstić information content (AvgIpc) is 3.35. The first-order valence-electron chi connectivity index (χ1n) is 20.1. The van der Waals surface area contributed by atoms with E-state index in [2.05, 4.69) is 72.8 Å². The molecule has 8 rings (SSSR count). The highest BCUT2D eigenvalue weighted by atomic mass is 16.5. The van der Waals surface area contributed by atoms with Gasteiger partial charge in [-0.2, -0.15) is 0 Å². The molecule has 0 amide bonds. The Kier molecular flexibility index (Phi) is 19.8. The summed E-state index contributed by atoms with van der Waals surface area (Å²) in [5.41, 5.74) is 8.90. The molecule has 0 saturated carbocycles. The molecule has 0 radical (unpaired) electrons. The summed E-state index contributed by atoms with van der Waals surface area (Å²) in [6.45, 7) is 0.879. The van der Waals surface area contributed by atoms with Crippen molar-refractivity contribution in [1.29, 1.82) is 0 Å². The van der Waals surface area contributed by atoms with Gasteiger partial charge >= 0.3 is 0 Å². The number of ether oxygens (including phenoxy) is 2. The summed E-state index contributed by atoms with van der Waals surface area (Å²) in [4.78, 5) is 20.7. The fourth-order valence-corrected chi connectivity index (χ4v) is 5.70. The molecule has 4 nitrogen and oxygen atoms in total. The lowest BCUT2D eigenvalue weighted by atomic mass is 10.1. The first-order chi connectivity index (χ1) is 30.7. The maximum atomic E-state index is 10.4. The van der Waals surface area contributed by atoms with Crippen molar-refractivity contribution in [3.63, 3.8) is 0 Å². The van der Waals surface area contributed by atoms with Gasteiger partial charge in [0.1, 0.15) is 11.5 Å². The summed E-state index contributed by atoms with van der Waals surface area (Å²) in [5, 5.41) is 0. The van der Waals surface area contributed by atoms with Gasteiger partial charge in [0.2, 0.25) is 0 Å². The number of rotatable bonds is 12. The van der Waals surface area contributed by atoms with E-state index in [1.807, 2.05) is 194 Å². The van der Waals surface area contributed by atoms with E-state index in [1.54, 1.807) is 12.1 Å². The Labute approximate surface area is 365 Å². The van der Waals surface area contributed by atoms with Crippen LogP contribution in [-0.4, -0.2) is 12.9 Å². The Bertz CT molecular complexity index is 2300. The smallest absolute Gasteiger partial charge is 0.298 e. The normalized spacial score (nSPS) is 10.5. The van der Waals surface area contributed by atoms with Gasteiger partial charge in [-0.05, 0) is 45.5 Å². The third-order valence-electron chi connectivity index (χ3n) is 8.83. The van der Waals surface area contributed by atoms with Crippen LogP contribution < -0.4 is 9.47 Å². The average molecular weight is 809 g/mol. The lowest BCUT2D eigenvalue weighted by Gasteiger charge is -2.01. The standard InChI is InChI=1S/2C15H12O2.2C14H12/c2*16-12-17-15-9-5-4-8-14(15)11-10-13-6-2-1-3-7-13;2*1-3-7-13(8-4-1)11-12-14-9-5-2-6-10-14/h2*1-12H;2*1-12H/b11-10+;11-10-;12-11+;12-11-. The van der Waals surface area contributed by atoms with E-state index in [0.29, 0.717) is 24.4 Å². The van der Waals surface area contributed by atoms with Crippen molar-refractivity contribution in [2.75, 3.05) is 0 Å². The van der Waals surface area contributed by atoms with E-state index < -0.39 is 0 Å². The second kappa shape index (κ2) is 27.4. The largest absolute Gasteiger partial charge is 0.428 e. The maximum absolute atomic E-state index is 10.4. The second-order valence-electron chi connectivity index (χ2n) is 13.3. The lowest BCUT2D eigenvalue weighted by molar-refractivity contribution is -0.121. The van der Waals surface area contributed by atoms with Crippen LogP contribution in [0.2, 0.25) is 0 Å². The topological polar surface area (TPSA) is 52.6 Å². The Morgan fingerprint density at radius 1 is 0.226 bits per heavy atom. The van der Waals surface area contributed by atoms with Gasteiger partial charge in [0, 0.05) is 11.1 Å². The number of benzene rings is 8. The zero-order valence-electron chi connectivity index (χ0n) is 34.3. The molecule has 0 aliphatic carbocycles. The van der Waals surface area contributed by atoms with Crippen LogP contribution in [0.25, 0.3) is 48.6 Å². The van der Waals surface area contributed by atoms with Crippen molar-refractivity contribution in [2.24, 2.45) is 0 Å². The van der Waals surface area contributed by atoms with Crippen molar-refractivity contribution in [1.82, 2.24) is 0 Å². The quantitative estimate of drug-likeness (QED) is 0.0911. The van der Waals surface area contributed by atoms with Gasteiger partial charge in [-0.25, -0.2) is 0 Å². The number of hydrogen-bond acceptors (Lipinski definition) is 4. The van der Waals surface area contributed by atoms with Crippen molar-refractivity contribution in [3.05, 3.63) is 275 Å². The number of para-hydroxylation sites is 2. The molecule has 0 atom stereocenters. The van der Waals surface area contributed by atoms with Gasteiger partial charge in [0.25, 0.3) is 12.9 Å². The van der Waals surface area contributed by atoms with Crippen LogP contribution in [-0.2, 0) is 9.59 Å². The van der Waals surface area contributed by atoms with Gasteiger partial charge in [-0.3, -0.25) is 9.59 Å². The second-order valence-corrected chi connectivity index (χ2v) is 13.3. The summed E-state index contributed by atoms with van der Waals surface area (Å²) in [7, 11) is 0. The number of carbonyl (C=O) groups is 2. The van der Waals surface area contributed by atoms with E-state index in [9.17, 15) is 9.59 Å². The van der Waals surface area contributed by atoms with Gasteiger partial charge in [0.15, 0.2) is 0 Å². The van der Waals surface area contributed by atoms with Crippen LogP contribution in [0.15, 0.2) is 231 Å². The molecule has 304 valence electrons. The van der Waals surface area contributed by atoms with Crippen molar-refractivity contribution < 1.29 is 19.1 Å². The Balaban J connectivity index is 0.000000157. The molecule has 0 N–H and O–H groups in total. The van der Waals surface area contributed by atoms with E-state index in [1.165, 1.54) is 22.3 Å². The van der Waals surface area contributed by atoms with Crippen molar-refractivity contribution in [2.45, 2.75) is 0 Å². The van der Waals surface area contributed by atoms with E-state index in [0.717, 1.165) is 22.3 Å². The molecule has 0 fully saturated rings. The monoisotopic (exact) mass is 808 g/mol. The van der Waals surface area contributed by atoms with Crippen LogP contribution in [0.4, 0.5) is 0 Å². The molecule has 8 aromatic carbocycles. The predicted octanol–water partition coefficient (Wildman–Crippen LogP) is 14.5. The van der Waals surface area contributed by atoms with Crippen LogP contribution >= 0.6 is 0 Å². The first kappa shape index (κ1) is 44.8. The van der Waals surface area contributed by atoms with Crippen LogP contribution in [0.3, 0.4) is 0 Å². The fraction of sp³-hybridized carbons (Fsp3) is 0. The molecule has 0 spiro atoms. The summed E-state index contributed by atoms with van der Waals surface area (Å²) in [6, 6.07) is 76.0. The lowest BCUT2D eigenvalue weighted by Crippen LogP contribution is -1.90. The highest BCUT2D eigenvalue weighted by molar-refractivity contribution is 5.75. The van der Waals surface area contributed by atoms with Crippen LogP contribution in [0.1, 0.15) is 44.5 Å². The molecule has 4 heteroatoms. The van der Waals surface area contributed by atoms with Crippen molar-refractivity contribution in [3.8, 4) is 11.5 Å². The molecular formula is C58H48O4. The summed E-state index contributed by atoms with van der Waals surface area (Å²) >= 11 is 0. The van der Waals surface area contributed by atoms with Crippen LogP contribution in [0, 0.1) is 0 Å². The van der Waals surface area contributed by atoms with Gasteiger partial charge in [-0.1, -0.05) is 267 Å². The number of hydrogen-bond donors (Lipinski definition) is 0. The molecule has 0 saturated heterocycles. The van der Waals surface area contributed by atoms with E-state index >= 15 is 0 Å². The molecule has 0 unspecified atom stereocenters. The third-order valence-corrected chi connectivity index (χ3v) is 8.83. The van der Waals surface area contributed by atoms with Gasteiger partial charge < -0.3 is 9.47 Å². The maximum Gasteiger partial charge on any atom is 0.298 e. The molecular weight excluding hydrogens is 761 g/mol. The zero-order chi connectivity index (χ0) is 43.1. The fourth-order valence-electron chi connectivity index (χ4n) is 5.70. The molecule has 0 aliphatic heterocycles. The molecule has 62 heavy (non-hydrogen) atoms. The van der Waals surface area contributed by atoms with Gasteiger partial charge in [-0.15, -0.1) is 0 Å². The summed E-state index contributed by atoms with van der Waals surface area (Å²) < 4.78 is 9.79. The highest BCUT2D eigenvalue weighted by Crippen LogP contribution is 2.21. The number of carbonyl (C=O) groups excluding carboxylic acids is 2. The third kappa shape index (κ3) is 17.3. The SMILES string of the molecule is C(=C/c1ccccc1)/c1ccccc1.C(=C\c1ccccc1)/c1ccccc1.O=COc1ccccc1/C=C/c1ccccc1.O=COc1ccccc1/C=C\c1ccccc1. The van der Waals surface area contributed by atoms with Crippen LogP contribution in [0.5, 0.6) is 11.5 Å². The zero-order valence-corrected chi connectivity index (χ0v) is 34.3. The molecule has 0 bridgehead atoms. The minimum Gasteiger partial charge on any atom is -0.428 e. The molecule has 0 aliphatic rings. The van der Waals surface area contributed by atoms with E-state index in [-0.39, 0.29) is 0 Å². The minimum atomic E-state index is 0.440. The van der Waals surface area contributed by atoms with E-state index in [4.69, 9.17) is 9.47 Å². The van der Waals surface area contributed by atoms with Gasteiger partial charge in [0.05, 0.1) is 0 Å². The van der Waals surface area contributed by atoms with Crippen molar-refractivity contribution >= 4 is 61.6 Å². The summed E-state index contributed by atoms with van der Waals surface area (Å²) in [5.74, 6) is 1.13. The molecule has 0 heterocycles.